The van der Waals surface area contributed by atoms with Crippen molar-refractivity contribution < 1.29 is 4.39 Å². The predicted molar refractivity (Wildman–Crippen MR) is 60.4 cm³/mol. The summed E-state index contributed by atoms with van der Waals surface area (Å²) in [7, 11) is 0. The van der Waals surface area contributed by atoms with Crippen molar-refractivity contribution in [1.29, 1.82) is 0 Å². The smallest absolute Gasteiger partial charge is 0.145 e. The zero-order valence-corrected chi connectivity index (χ0v) is 9.20. The Bertz CT molecular complexity index is 660. The van der Waals surface area contributed by atoms with Crippen molar-refractivity contribution in [2.24, 2.45) is 0 Å². The standard InChI is InChI=1S/C11H6BrFN2/c12-10-6-14-11-9-2-1-8(13)5-7(9)3-4-15(10)11/h1-6H. The minimum atomic E-state index is -0.225. The van der Waals surface area contributed by atoms with Crippen LogP contribution in [0.15, 0.2) is 41.3 Å². The fraction of sp³-hybridized carbons (Fsp3) is 0. The molecule has 0 unspecified atom stereocenters. The molecule has 0 radical (unpaired) electrons. The van der Waals surface area contributed by atoms with Gasteiger partial charge in [-0.05, 0) is 45.6 Å². The third kappa shape index (κ3) is 1.25. The van der Waals surface area contributed by atoms with Gasteiger partial charge in [0.1, 0.15) is 16.1 Å². The van der Waals surface area contributed by atoms with Gasteiger partial charge in [0.2, 0.25) is 0 Å². The summed E-state index contributed by atoms with van der Waals surface area (Å²) < 4.78 is 15.8. The van der Waals surface area contributed by atoms with Crippen LogP contribution in [0.5, 0.6) is 0 Å². The maximum atomic E-state index is 13.0. The van der Waals surface area contributed by atoms with Crippen LogP contribution in [-0.4, -0.2) is 9.38 Å². The molecule has 2 nitrogen and oxygen atoms in total. The molecule has 3 rings (SSSR count). The van der Waals surface area contributed by atoms with Gasteiger partial charge >= 0.3 is 0 Å². The van der Waals surface area contributed by atoms with Crippen molar-refractivity contribution in [3.05, 3.63) is 47.1 Å². The Morgan fingerprint density at radius 3 is 3.00 bits per heavy atom. The Balaban J connectivity index is 2.55. The first-order valence-corrected chi connectivity index (χ1v) is 5.26. The van der Waals surface area contributed by atoms with Gasteiger partial charge in [0.15, 0.2) is 0 Å². The number of fused-ring (bicyclic) bond motifs is 3. The van der Waals surface area contributed by atoms with Crippen molar-refractivity contribution in [3.63, 3.8) is 0 Å². The highest BCUT2D eigenvalue weighted by Gasteiger charge is 2.05. The SMILES string of the molecule is Fc1ccc2c(ccn3c(Br)cnc23)c1. The largest absolute Gasteiger partial charge is 0.294 e. The zero-order chi connectivity index (χ0) is 10.4. The first-order valence-electron chi connectivity index (χ1n) is 4.46. The molecule has 0 aliphatic heterocycles. The molecule has 0 fully saturated rings. The Labute approximate surface area is 93.5 Å². The molecule has 0 saturated heterocycles. The van der Waals surface area contributed by atoms with Gasteiger partial charge in [-0.3, -0.25) is 4.40 Å². The van der Waals surface area contributed by atoms with E-state index in [1.165, 1.54) is 12.1 Å². The van der Waals surface area contributed by atoms with Crippen molar-refractivity contribution in [3.8, 4) is 0 Å². The van der Waals surface area contributed by atoms with E-state index in [-0.39, 0.29) is 5.82 Å². The molecule has 0 bridgehead atoms. The quantitative estimate of drug-likeness (QED) is 0.609. The molecule has 0 saturated carbocycles. The average Bonchev–Trinajstić information content (AvgIpc) is 2.60. The molecule has 0 aliphatic carbocycles. The lowest BCUT2D eigenvalue weighted by atomic mass is 10.2. The summed E-state index contributed by atoms with van der Waals surface area (Å²) in [6.45, 7) is 0. The minimum absolute atomic E-state index is 0.225. The second-order valence-corrected chi connectivity index (χ2v) is 4.13. The van der Waals surface area contributed by atoms with E-state index in [4.69, 9.17) is 0 Å². The number of benzene rings is 1. The summed E-state index contributed by atoms with van der Waals surface area (Å²) in [4.78, 5) is 4.27. The third-order valence-electron chi connectivity index (χ3n) is 2.41. The molecule has 1 aromatic carbocycles. The molecule has 0 spiro atoms. The number of hydrogen-bond donors (Lipinski definition) is 0. The van der Waals surface area contributed by atoms with Gasteiger partial charge in [-0.15, -0.1) is 0 Å². The second kappa shape index (κ2) is 3.03. The Morgan fingerprint density at radius 1 is 1.27 bits per heavy atom. The van der Waals surface area contributed by atoms with Crippen molar-refractivity contribution in [2.75, 3.05) is 0 Å². The van der Waals surface area contributed by atoms with E-state index in [1.54, 1.807) is 12.3 Å². The van der Waals surface area contributed by atoms with Crippen LogP contribution >= 0.6 is 15.9 Å². The van der Waals surface area contributed by atoms with E-state index in [0.717, 1.165) is 21.0 Å². The van der Waals surface area contributed by atoms with Crippen LogP contribution in [0.4, 0.5) is 4.39 Å². The third-order valence-corrected chi connectivity index (χ3v) is 3.00. The van der Waals surface area contributed by atoms with Crippen LogP contribution in [0.25, 0.3) is 16.4 Å². The number of imidazole rings is 1. The summed E-state index contributed by atoms with van der Waals surface area (Å²) in [5.74, 6) is -0.225. The van der Waals surface area contributed by atoms with Crippen LogP contribution in [0.1, 0.15) is 0 Å². The topological polar surface area (TPSA) is 17.3 Å². The molecular formula is C11H6BrFN2. The number of hydrogen-bond acceptors (Lipinski definition) is 1. The normalized spacial score (nSPS) is 11.3. The van der Waals surface area contributed by atoms with Crippen LogP contribution < -0.4 is 0 Å². The van der Waals surface area contributed by atoms with E-state index >= 15 is 0 Å². The maximum Gasteiger partial charge on any atom is 0.145 e. The molecule has 2 aromatic heterocycles. The Hall–Kier alpha value is -1.42. The Kier molecular flexibility index (Phi) is 1.79. The molecule has 2 heterocycles. The molecule has 0 N–H and O–H groups in total. The van der Waals surface area contributed by atoms with E-state index in [0.29, 0.717) is 0 Å². The van der Waals surface area contributed by atoms with Crippen LogP contribution in [-0.2, 0) is 0 Å². The van der Waals surface area contributed by atoms with E-state index < -0.39 is 0 Å². The van der Waals surface area contributed by atoms with Gasteiger partial charge in [0.05, 0.1) is 6.20 Å². The second-order valence-electron chi connectivity index (χ2n) is 3.32. The maximum absolute atomic E-state index is 13.0. The molecule has 0 aliphatic rings. The van der Waals surface area contributed by atoms with Crippen molar-refractivity contribution in [2.45, 2.75) is 0 Å². The lowest BCUT2D eigenvalue weighted by Gasteiger charge is -2.01. The van der Waals surface area contributed by atoms with Crippen LogP contribution in [0.2, 0.25) is 0 Å². The van der Waals surface area contributed by atoms with Crippen molar-refractivity contribution in [1.82, 2.24) is 9.38 Å². The average molecular weight is 265 g/mol. The molecular weight excluding hydrogens is 259 g/mol. The Morgan fingerprint density at radius 2 is 2.13 bits per heavy atom. The summed E-state index contributed by atoms with van der Waals surface area (Å²) in [6, 6.07) is 6.58. The van der Waals surface area contributed by atoms with Gasteiger partial charge in [-0.25, -0.2) is 9.37 Å². The molecule has 74 valence electrons. The van der Waals surface area contributed by atoms with Gasteiger partial charge in [0, 0.05) is 11.6 Å². The molecule has 15 heavy (non-hydrogen) atoms. The predicted octanol–water partition coefficient (Wildman–Crippen LogP) is 3.39. The molecule has 4 heteroatoms. The highest BCUT2D eigenvalue weighted by atomic mass is 79.9. The van der Waals surface area contributed by atoms with Crippen molar-refractivity contribution >= 4 is 32.3 Å². The summed E-state index contributed by atoms with van der Waals surface area (Å²) in [6.07, 6.45) is 3.60. The monoisotopic (exact) mass is 264 g/mol. The highest BCUT2D eigenvalue weighted by Crippen LogP contribution is 2.22. The number of pyridine rings is 1. The van der Waals surface area contributed by atoms with E-state index in [9.17, 15) is 4.39 Å². The highest BCUT2D eigenvalue weighted by molar-refractivity contribution is 9.10. The zero-order valence-electron chi connectivity index (χ0n) is 7.61. The van der Waals surface area contributed by atoms with E-state index in [1.807, 2.05) is 16.7 Å². The van der Waals surface area contributed by atoms with Gasteiger partial charge in [0.25, 0.3) is 0 Å². The number of nitrogens with zero attached hydrogens (tertiary/aromatic N) is 2. The molecule has 3 aromatic rings. The fourth-order valence-corrected chi connectivity index (χ4v) is 2.10. The van der Waals surface area contributed by atoms with Gasteiger partial charge in [-0.2, -0.15) is 0 Å². The lowest BCUT2D eigenvalue weighted by molar-refractivity contribution is 0.630. The molecule has 0 atom stereocenters. The minimum Gasteiger partial charge on any atom is -0.294 e. The number of rotatable bonds is 0. The van der Waals surface area contributed by atoms with Gasteiger partial charge < -0.3 is 0 Å². The van der Waals surface area contributed by atoms with Crippen LogP contribution in [0, 0.1) is 5.82 Å². The van der Waals surface area contributed by atoms with Crippen LogP contribution in [0.3, 0.4) is 0 Å². The van der Waals surface area contributed by atoms with E-state index in [2.05, 4.69) is 20.9 Å². The summed E-state index contributed by atoms with van der Waals surface area (Å²) >= 11 is 3.39. The number of aromatic nitrogens is 2. The first kappa shape index (κ1) is 8.85. The lowest BCUT2D eigenvalue weighted by Crippen LogP contribution is -1.86. The summed E-state index contributed by atoms with van der Waals surface area (Å²) in [5.41, 5.74) is 0.833. The molecule has 0 amide bonds. The van der Waals surface area contributed by atoms with Gasteiger partial charge in [-0.1, -0.05) is 0 Å². The number of halogens is 2. The fourth-order valence-electron chi connectivity index (χ4n) is 1.71. The first-order chi connectivity index (χ1) is 7.25. The summed E-state index contributed by atoms with van der Waals surface area (Å²) in [5, 5.41) is 1.81.